The van der Waals surface area contributed by atoms with Crippen LogP contribution in [0.2, 0.25) is 0 Å². The van der Waals surface area contributed by atoms with Crippen LogP contribution in [0.4, 0.5) is 0 Å². The lowest BCUT2D eigenvalue weighted by Crippen LogP contribution is -2.29. The molecule has 126 valence electrons. The van der Waals surface area contributed by atoms with Crippen molar-refractivity contribution >= 4 is 18.0 Å². The normalized spacial score (nSPS) is 10.3. The number of hydrogen-bond acceptors (Lipinski definition) is 6. The molecule has 0 saturated carbocycles. The lowest BCUT2D eigenvalue weighted by molar-refractivity contribution is -0.143. The van der Waals surface area contributed by atoms with Gasteiger partial charge < -0.3 is 24.3 Å². The first-order valence-corrected chi connectivity index (χ1v) is 6.97. The van der Waals surface area contributed by atoms with Crippen molar-refractivity contribution in [1.82, 2.24) is 5.32 Å². The molecule has 7 nitrogen and oxygen atoms in total. The first-order valence-electron chi connectivity index (χ1n) is 6.97. The van der Waals surface area contributed by atoms with E-state index in [1.807, 2.05) is 0 Å². The van der Waals surface area contributed by atoms with Gasteiger partial charge in [0, 0.05) is 6.08 Å². The molecular weight excluding hydrogens is 302 g/mol. The van der Waals surface area contributed by atoms with Crippen molar-refractivity contribution in [3.8, 4) is 17.2 Å². The Morgan fingerprint density at radius 3 is 2.17 bits per heavy atom. The molecule has 0 aliphatic heterocycles. The Morgan fingerprint density at radius 2 is 1.70 bits per heavy atom. The van der Waals surface area contributed by atoms with Crippen molar-refractivity contribution in [2.45, 2.75) is 6.92 Å². The topological polar surface area (TPSA) is 83.1 Å². The first kappa shape index (κ1) is 18.3. The third-order valence-corrected chi connectivity index (χ3v) is 2.83. The number of hydrogen-bond donors (Lipinski definition) is 1. The van der Waals surface area contributed by atoms with Gasteiger partial charge in [-0.05, 0) is 30.7 Å². The van der Waals surface area contributed by atoms with Gasteiger partial charge in [0.05, 0.1) is 27.9 Å². The highest BCUT2D eigenvalue weighted by atomic mass is 16.5. The fraction of sp³-hybridized carbons (Fsp3) is 0.375. The predicted octanol–water partition coefficient (Wildman–Crippen LogP) is 1.40. The van der Waals surface area contributed by atoms with Gasteiger partial charge in [0.25, 0.3) is 0 Å². The highest BCUT2D eigenvalue weighted by Gasteiger charge is 2.12. The third-order valence-electron chi connectivity index (χ3n) is 2.83. The number of benzene rings is 1. The molecule has 0 aliphatic rings. The summed E-state index contributed by atoms with van der Waals surface area (Å²) >= 11 is 0. The van der Waals surface area contributed by atoms with Crippen LogP contribution in [0.1, 0.15) is 12.5 Å². The summed E-state index contributed by atoms with van der Waals surface area (Å²) in [6.45, 7) is 1.80. The lowest BCUT2D eigenvalue weighted by atomic mass is 10.1. The summed E-state index contributed by atoms with van der Waals surface area (Å²) < 4.78 is 20.4. The minimum Gasteiger partial charge on any atom is -0.493 e. The SMILES string of the molecule is CCOC(=O)CNC(=O)/C=C/c1cc(OC)c(OC)c(OC)c1. The molecule has 0 unspecified atom stereocenters. The average molecular weight is 323 g/mol. The Hall–Kier alpha value is -2.70. The molecule has 1 amide bonds. The molecule has 0 radical (unpaired) electrons. The van der Waals surface area contributed by atoms with Gasteiger partial charge in [-0.15, -0.1) is 0 Å². The molecule has 0 bridgehead atoms. The molecular formula is C16H21NO6. The van der Waals surface area contributed by atoms with Gasteiger partial charge in [-0.2, -0.15) is 0 Å². The van der Waals surface area contributed by atoms with Crippen molar-refractivity contribution in [2.75, 3.05) is 34.5 Å². The molecule has 23 heavy (non-hydrogen) atoms. The maximum Gasteiger partial charge on any atom is 0.325 e. The van der Waals surface area contributed by atoms with Gasteiger partial charge >= 0.3 is 5.97 Å². The predicted molar refractivity (Wildman–Crippen MR) is 84.8 cm³/mol. The number of amides is 1. The molecule has 1 N–H and O–H groups in total. The fourth-order valence-corrected chi connectivity index (χ4v) is 1.80. The van der Waals surface area contributed by atoms with Gasteiger partial charge in [-0.3, -0.25) is 9.59 Å². The molecule has 0 spiro atoms. The van der Waals surface area contributed by atoms with E-state index in [1.165, 1.54) is 27.4 Å². The highest BCUT2D eigenvalue weighted by Crippen LogP contribution is 2.38. The second-order valence-corrected chi connectivity index (χ2v) is 4.31. The Labute approximate surface area is 135 Å². The number of methoxy groups -OCH3 is 3. The van der Waals surface area contributed by atoms with Crippen LogP contribution in [0.3, 0.4) is 0 Å². The molecule has 0 atom stereocenters. The van der Waals surface area contributed by atoms with Crippen LogP contribution in [-0.2, 0) is 14.3 Å². The van der Waals surface area contributed by atoms with Gasteiger partial charge in [0.1, 0.15) is 6.54 Å². The molecule has 1 aromatic carbocycles. The number of esters is 1. The van der Waals surface area contributed by atoms with Crippen LogP contribution in [0.25, 0.3) is 6.08 Å². The fourth-order valence-electron chi connectivity index (χ4n) is 1.80. The first-order chi connectivity index (χ1) is 11.0. The second-order valence-electron chi connectivity index (χ2n) is 4.31. The van der Waals surface area contributed by atoms with Crippen LogP contribution in [0.15, 0.2) is 18.2 Å². The second kappa shape index (κ2) is 9.34. The average Bonchev–Trinajstić information content (AvgIpc) is 2.57. The lowest BCUT2D eigenvalue weighted by Gasteiger charge is -2.12. The van der Waals surface area contributed by atoms with E-state index in [1.54, 1.807) is 25.1 Å². The molecule has 1 aromatic rings. The van der Waals surface area contributed by atoms with Gasteiger partial charge in [0.15, 0.2) is 11.5 Å². The van der Waals surface area contributed by atoms with E-state index in [2.05, 4.69) is 5.32 Å². The summed E-state index contributed by atoms with van der Waals surface area (Å²) in [6.07, 6.45) is 2.88. The quantitative estimate of drug-likeness (QED) is 0.575. The van der Waals surface area contributed by atoms with Crippen molar-refractivity contribution < 1.29 is 28.5 Å². The monoisotopic (exact) mass is 323 g/mol. The zero-order valence-corrected chi connectivity index (χ0v) is 13.7. The highest BCUT2D eigenvalue weighted by molar-refractivity contribution is 5.93. The Balaban J connectivity index is 2.79. The number of carbonyl (C=O) groups excluding carboxylic acids is 2. The van der Waals surface area contributed by atoms with E-state index in [-0.39, 0.29) is 13.2 Å². The Kier molecular flexibility index (Phi) is 7.45. The maximum absolute atomic E-state index is 11.7. The molecule has 0 aliphatic carbocycles. The van der Waals surface area contributed by atoms with Crippen LogP contribution < -0.4 is 19.5 Å². The van der Waals surface area contributed by atoms with E-state index < -0.39 is 11.9 Å². The Bertz CT molecular complexity index is 557. The summed E-state index contributed by atoms with van der Waals surface area (Å²) in [5.41, 5.74) is 0.686. The Morgan fingerprint density at radius 1 is 1.09 bits per heavy atom. The van der Waals surface area contributed by atoms with E-state index in [4.69, 9.17) is 18.9 Å². The third kappa shape index (κ3) is 5.54. The zero-order chi connectivity index (χ0) is 17.2. The van der Waals surface area contributed by atoms with Crippen molar-refractivity contribution in [3.05, 3.63) is 23.8 Å². The minimum absolute atomic E-state index is 0.174. The maximum atomic E-state index is 11.7. The number of ether oxygens (including phenoxy) is 4. The summed E-state index contributed by atoms with van der Waals surface area (Å²) in [5, 5.41) is 2.43. The summed E-state index contributed by atoms with van der Waals surface area (Å²) in [4.78, 5) is 22.8. The van der Waals surface area contributed by atoms with E-state index in [9.17, 15) is 9.59 Å². The standard InChI is InChI=1S/C16H21NO6/c1-5-23-15(19)10-17-14(18)7-6-11-8-12(20-2)16(22-4)13(9-11)21-3/h6-9H,5,10H2,1-4H3,(H,17,18)/b7-6+. The number of carbonyl (C=O) groups is 2. The molecule has 7 heteroatoms. The molecule has 0 aromatic heterocycles. The smallest absolute Gasteiger partial charge is 0.325 e. The minimum atomic E-state index is -0.484. The van der Waals surface area contributed by atoms with Crippen molar-refractivity contribution in [3.63, 3.8) is 0 Å². The van der Waals surface area contributed by atoms with Gasteiger partial charge in [-0.1, -0.05) is 0 Å². The van der Waals surface area contributed by atoms with Crippen molar-refractivity contribution in [1.29, 1.82) is 0 Å². The van der Waals surface area contributed by atoms with Crippen molar-refractivity contribution in [2.24, 2.45) is 0 Å². The van der Waals surface area contributed by atoms with Gasteiger partial charge in [-0.25, -0.2) is 0 Å². The molecule has 1 rings (SSSR count). The van der Waals surface area contributed by atoms with Crippen LogP contribution in [0, 0.1) is 0 Å². The largest absolute Gasteiger partial charge is 0.493 e. The summed E-state index contributed by atoms with van der Waals surface area (Å²) in [7, 11) is 4.53. The van der Waals surface area contributed by atoms with Crippen LogP contribution in [0.5, 0.6) is 17.2 Å². The number of rotatable bonds is 8. The summed E-state index contributed by atoms with van der Waals surface area (Å²) in [5.74, 6) is 0.546. The molecule has 0 heterocycles. The van der Waals surface area contributed by atoms with E-state index >= 15 is 0 Å². The van der Waals surface area contributed by atoms with E-state index in [0.29, 0.717) is 22.8 Å². The molecule has 0 saturated heterocycles. The zero-order valence-electron chi connectivity index (χ0n) is 13.7. The van der Waals surface area contributed by atoms with Gasteiger partial charge in [0.2, 0.25) is 11.7 Å². The molecule has 0 fully saturated rings. The summed E-state index contributed by atoms with van der Waals surface area (Å²) in [6, 6.07) is 3.41. The van der Waals surface area contributed by atoms with E-state index in [0.717, 1.165) is 0 Å². The number of nitrogens with one attached hydrogen (secondary N) is 1. The van der Waals surface area contributed by atoms with Crippen LogP contribution >= 0.6 is 0 Å². The van der Waals surface area contributed by atoms with Crippen LogP contribution in [-0.4, -0.2) is 46.4 Å².